The molecule has 1 saturated heterocycles. The molecule has 1 aliphatic heterocycles. The fraction of sp³-hybridized carbons (Fsp3) is 0.379. The number of nitrogens with zero attached hydrogens (tertiary/aromatic N) is 2. The van der Waals surface area contributed by atoms with Crippen LogP contribution in [0.1, 0.15) is 32.3 Å². The van der Waals surface area contributed by atoms with Crippen LogP contribution in [-0.2, 0) is 16.0 Å². The predicted octanol–water partition coefficient (Wildman–Crippen LogP) is 6.29. The lowest BCUT2D eigenvalue weighted by atomic mass is 9.97. The van der Waals surface area contributed by atoms with Gasteiger partial charge in [-0.15, -0.1) is 11.3 Å². The summed E-state index contributed by atoms with van der Waals surface area (Å²) in [5, 5.41) is 5.66. The Kier molecular flexibility index (Phi) is 8.78. The number of ether oxygens (including phenoxy) is 1. The van der Waals surface area contributed by atoms with Gasteiger partial charge in [0.15, 0.2) is 0 Å². The molecule has 3 aromatic rings. The highest BCUT2D eigenvalue weighted by Gasteiger charge is 2.27. The number of amides is 3. The minimum Gasteiger partial charge on any atom is -0.368 e. The second-order valence-electron chi connectivity index (χ2n) is 9.37. The highest BCUT2D eigenvalue weighted by molar-refractivity contribution is 7.14. The first-order valence-corrected chi connectivity index (χ1v) is 13.5. The summed E-state index contributed by atoms with van der Waals surface area (Å²) in [5.41, 5.74) is 3.95. The van der Waals surface area contributed by atoms with Gasteiger partial charge in [-0.2, -0.15) is 0 Å². The SMILES string of the molecule is CCOC(Cc1ccc(-c2cccc(N(C)C(=O)Nc3cccs3)c2)cc1)C(=O)N1CCC(C)CC1. The zero-order valence-electron chi connectivity index (χ0n) is 21.3. The van der Waals surface area contributed by atoms with Gasteiger partial charge in [0.1, 0.15) is 6.10 Å². The third kappa shape index (κ3) is 6.53. The third-order valence-corrected chi connectivity index (χ3v) is 7.52. The van der Waals surface area contributed by atoms with Crippen molar-refractivity contribution in [1.82, 2.24) is 4.90 Å². The molecule has 7 heteroatoms. The molecule has 36 heavy (non-hydrogen) atoms. The largest absolute Gasteiger partial charge is 0.368 e. The molecule has 190 valence electrons. The summed E-state index contributed by atoms with van der Waals surface area (Å²) in [6, 6.07) is 19.8. The summed E-state index contributed by atoms with van der Waals surface area (Å²) in [6.07, 6.45) is 2.23. The van der Waals surface area contributed by atoms with Crippen molar-refractivity contribution < 1.29 is 14.3 Å². The number of piperidine rings is 1. The van der Waals surface area contributed by atoms with Gasteiger partial charge in [-0.1, -0.05) is 43.3 Å². The molecule has 3 amide bonds. The summed E-state index contributed by atoms with van der Waals surface area (Å²) in [6.45, 7) is 6.33. The number of urea groups is 1. The average Bonchev–Trinajstić information content (AvgIpc) is 3.41. The molecule has 1 N–H and O–H groups in total. The number of likely N-dealkylation sites (tertiary alicyclic amines) is 1. The number of thiophene rings is 1. The van der Waals surface area contributed by atoms with Crippen molar-refractivity contribution in [2.45, 2.75) is 39.2 Å². The number of hydrogen-bond donors (Lipinski definition) is 1. The highest BCUT2D eigenvalue weighted by atomic mass is 32.1. The third-order valence-electron chi connectivity index (χ3n) is 6.74. The molecule has 1 aromatic heterocycles. The monoisotopic (exact) mass is 505 g/mol. The van der Waals surface area contributed by atoms with Gasteiger partial charge in [-0.3, -0.25) is 15.0 Å². The molecular formula is C29H35N3O3S. The molecule has 0 aliphatic carbocycles. The van der Waals surface area contributed by atoms with Crippen LogP contribution in [0.2, 0.25) is 0 Å². The standard InChI is InChI=1S/C29H35N3O3S/c1-4-35-26(28(33)32-16-14-21(2)15-17-32)19-22-10-12-23(13-11-22)24-7-5-8-25(20-24)31(3)29(34)30-27-9-6-18-36-27/h5-13,18,20-21,26H,4,14-17,19H2,1-3H3,(H,30,34). The van der Waals surface area contributed by atoms with Gasteiger partial charge in [0.2, 0.25) is 0 Å². The van der Waals surface area contributed by atoms with Gasteiger partial charge in [-0.05, 0) is 72.0 Å². The Bertz CT molecular complexity index is 1140. The van der Waals surface area contributed by atoms with Gasteiger partial charge >= 0.3 is 6.03 Å². The summed E-state index contributed by atoms with van der Waals surface area (Å²) < 4.78 is 5.87. The van der Waals surface area contributed by atoms with E-state index >= 15 is 0 Å². The number of carbonyl (C=O) groups excluding carboxylic acids is 2. The maximum absolute atomic E-state index is 13.1. The van der Waals surface area contributed by atoms with Crippen LogP contribution in [0.4, 0.5) is 15.5 Å². The molecule has 1 atom stereocenters. The van der Waals surface area contributed by atoms with E-state index in [-0.39, 0.29) is 11.9 Å². The topological polar surface area (TPSA) is 61.9 Å². The van der Waals surface area contributed by atoms with E-state index in [1.165, 1.54) is 11.3 Å². The number of rotatable bonds is 8. The van der Waals surface area contributed by atoms with Crippen LogP contribution in [0, 0.1) is 5.92 Å². The lowest BCUT2D eigenvalue weighted by Gasteiger charge is -2.33. The lowest BCUT2D eigenvalue weighted by molar-refractivity contribution is -0.144. The predicted molar refractivity (Wildman–Crippen MR) is 148 cm³/mol. The first-order chi connectivity index (χ1) is 17.4. The van der Waals surface area contributed by atoms with Crippen molar-refractivity contribution in [1.29, 1.82) is 0 Å². The molecule has 4 rings (SSSR count). The molecule has 0 radical (unpaired) electrons. The smallest absolute Gasteiger partial charge is 0.326 e. The molecule has 0 bridgehead atoms. The molecule has 1 unspecified atom stereocenters. The van der Waals surface area contributed by atoms with Crippen LogP contribution in [0.3, 0.4) is 0 Å². The fourth-order valence-electron chi connectivity index (χ4n) is 4.45. The van der Waals surface area contributed by atoms with Crippen molar-refractivity contribution in [3.8, 4) is 11.1 Å². The molecule has 0 saturated carbocycles. The lowest BCUT2D eigenvalue weighted by Crippen LogP contribution is -2.45. The van der Waals surface area contributed by atoms with E-state index in [1.54, 1.807) is 11.9 Å². The number of nitrogens with one attached hydrogen (secondary N) is 1. The van der Waals surface area contributed by atoms with Crippen LogP contribution >= 0.6 is 11.3 Å². The van der Waals surface area contributed by atoms with Crippen LogP contribution in [0.5, 0.6) is 0 Å². The van der Waals surface area contributed by atoms with Crippen LogP contribution < -0.4 is 10.2 Å². The van der Waals surface area contributed by atoms with Crippen LogP contribution in [0.25, 0.3) is 11.1 Å². The average molecular weight is 506 g/mol. The quantitative estimate of drug-likeness (QED) is 0.391. The Morgan fingerprint density at radius 1 is 1.08 bits per heavy atom. The van der Waals surface area contributed by atoms with Crippen molar-refractivity contribution in [2.24, 2.45) is 5.92 Å². The van der Waals surface area contributed by atoms with E-state index in [0.717, 1.165) is 53.3 Å². The van der Waals surface area contributed by atoms with E-state index in [2.05, 4.69) is 36.5 Å². The van der Waals surface area contributed by atoms with E-state index in [1.807, 2.05) is 53.6 Å². The van der Waals surface area contributed by atoms with Crippen molar-refractivity contribution in [2.75, 3.05) is 37.0 Å². The van der Waals surface area contributed by atoms with Gasteiger partial charge in [0, 0.05) is 38.9 Å². The molecule has 0 spiro atoms. The first kappa shape index (κ1) is 25.9. The molecule has 2 heterocycles. The van der Waals surface area contributed by atoms with Crippen molar-refractivity contribution in [3.63, 3.8) is 0 Å². The molecule has 1 aliphatic rings. The van der Waals surface area contributed by atoms with Crippen molar-refractivity contribution in [3.05, 3.63) is 71.6 Å². The Morgan fingerprint density at radius 2 is 1.83 bits per heavy atom. The van der Waals surface area contributed by atoms with E-state index in [4.69, 9.17) is 4.74 Å². The first-order valence-electron chi connectivity index (χ1n) is 12.6. The number of carbonyl (C=O) groups is 2. The number of benzene rings is 2. The van der Waals surface area contributed by atoms with Gasteiger partial charge in [0.05, 0.1) is 5.00 Å². The van der Waals surface area contributed by atoms with E-state index in [0.29, 0.717) is 18.9 Å². The summed E-state index contributed by atoms with van der Waals surface area (Å²) in [7, 11) is 1.76. The second kappa shape index (κ2) is 12.2. The van der Waals surface area contributed by atoms with Gasteiger partial charge < -0.3 is 9.64 Å². The van der Waals surface area contributed by atoms with Gasteiger partial charge in [-0.25, -0.2) is 4.79 Å². The Balaban J connectivity index is 1.42. The zero-order chi connectivity index (χ0) is 25.5. The minimum absolute atomic E-state index is 0.101. The molecule has 1 fully saturated rings. The maximum atomic E-state index is 13.1. The Labute approximate surface area is 217 Å². The van der Waals surface area contributed by atoms with Gasteiger partial charge in [0.25, 0.3) is 5.91 Å². The second-order valence-corrected chi connectivity index (χ2v) is 10.3. The maximum Gasteiger partial charge on any atom is 0.326 e. The number of hydrogen-bond acceptors (Lipinski definition) is 4. The molecule has 2 aromatic carbocycles. The molecule has 6 nitrogen and oxygen atoms in total. The summed E-state index contributed by atoms with van der Waals surface area (Å²) >= 11 is 1.49. The highest BCUT2D eigenvalue weighted by Crippen LogP contribution is 2.26. The van der Waals surface area contributed by atoms with Crippen LogP contribution in [-0.4, -0.2) is 49.7 Å². The van der Waals surface area contributed by atoms with Crippen LogP contribution in [0.15, 0.2) is 66.0 Å². The minimum atomic E-state index is -0.451. The normalized spacial score (nSPS) is 14.9. The fourth-order valence-corrected chi connectivity index (χ4v) is 5.06. The molecular weight excluding hydrogens is 470 g/mol. The summed E-state index contributed by atoms with van der Waals surface area (Å²) in [4.78, 5) is 29.3. The van der Waals surface area contributed by atoms with E-state index in [9.17, 15) is 9.59 Å². The Hall–Kier alpha value is -3.16. The number of anilines is 2. The zero-order valence-corrected chi connectivity index (χ0v) is 22.1. The van der Waals surface area contributed by atoms with E-state index < -0.39 is 6.10 Å². The Morgan fingerprint density at radius 3 is 2.50 bits per heavy atom. The van der Waals surface area contributed by atoms with Crippen molar-refractivity contribution >= 4 is 34.0 Å². The summed E-state index contributed by atoms with van der Waals surface area (Å²) in [5.74, 6) is 0.783.